The van der Waals surface area contributed by atoms with Gasteiger partial charge in [0.2, 0.25) is 0 Å². The summed E-state index contributed by atoms with van der Waals surface area (Å²) in [6, 6.07) is 0. The first-order valence-electron chi connectivity index (χ1n) is 6.74. The third kappa shape index (κ3) is 4.28. The van der Waals surface area contributed by atoms with E-state index >= 15 is 0 Å². The first kappa shape index (κ1) is 14.5. The van der Waals surface area contributed by atoms with Gasteiger partial charge in [-0.15, -0.1) is 0 Å². The summed E-state index contributed by atoms with van der Waals surface area (Å²) in [7, 11) is 0. The number of nitrogens with two attached hydrogens (primary N) is 1. The molecule has 4 nitrogen and oxygen atoms in total. The van der Waals surface area contributed by atoms with Crippen LogP contribution in [0.5, 0.6) is 0 Å². The molecule has 0 aromatic carbocycles. The minimum absolute atomic E-state index is 0.394. The van der Waals surface area contributed by atoms with Crippen molar-refractivity contribution in [3.05, 3.63) is 0 Å². The van der Waals surface area contributed by atoms with Crippen LogP contribution in [0.4, 0.5) is 0 Å². The Bertz CT molecular complexity index is 235. The molecule has 0 radical (unpaired) electrons. The van der Waals surface area contributed by atoms with Crippen molar-refractivity contribution in [2.24, 2.45) is 5.73 Å². The average molecular weight is 243 g/mol. The van der Waals surface area contributed by atoms with Gasteiger partial charge in [0.1, 0.15) is 0 Å². The summed E-state index contributed by atoms with van der Waals surface area (Å²) in [4.78, 5) is 11.1. The highest BCUT2D eigenvalue weighted by molar-refractivity contribution is 5.72. The van der Waals surface area contributed by atoms with Crippen molar-refractivity contribution in [3.8, 4) is 0 Å². The molecule has 3 N–H and O–H groups in total. The maximum Gasteiger partial charge on any atom is 0.332 e. The molecule has 0 aromatic heterocycles. The molecule has 0 aliphatic heterocycles. The van der Waals surface area contributed by atoms with Crippen molar-refractivity contribution in [3.63, 3.8) is 0 Å². The van der Waals surface area contributed by atoms with Crippen LogP contribution >= 0.6 is 0 Å². The van der Waals surface area contributed by atoms with Gasteiger partial charge in [0.05, 0.1) is 5.60 Å². The standard InChI is InChI=1S/C13H25NO3/c1-2-7-11(12(15)16)17-13(10-14)8-5-3-4-6-9-13/h11H,2-10,14H2,1H3,(H,15,16). The van der Waals surface area contributed by atoms with Crippen LogP contribution in [0.2, 0.25) is 0 Å². The van der Waals surface area contributed by atoms with Crippen LogP contribution in [0.15, 0.2) is 0 Å². The second-order valence-electron chi connectivity index (χ2n) is 5.03. The van der Waals surface area contributed by atoms with E-state index in [-0.39, 0.29) is 0 Å². The number of aliphatic carboxylic acids is 1. The molecule has 1 fully saturated rings. The third-order valence-corrected chi connectivity index (χ3v) is 3.61. The molecule has 1 aliphatic carbocycles. The Kier molecular flexibility index (Phi) is 5.92. The molecular weight excluding hydrogens is 218 g/mol. The van der Waals surface area contributed by atoms with E-state index in [1.54, 1.807) is 0 Å². The maximum atomic E-state index is 11.1. The zero-order valence-electron chi connectivity index (χ0n) is 10.8. The Morgan fingerprint density at radius 2 is 1.94 bits per heavy atom. The molecule has 1 rings (SSSR count). The first-order chi connectivity index (χ1) is 8.13. The van der Waals surface area contributed by atoms with Gasteiger partial charge in [0.15, 0.2) is 6.10 Å². The van der Waals surface area contributed by atoms with Gasteiger partial charge >= 0.3 is 5.97 Å². The van der Waals surface area contributed by atoms with Gasteiger partial charge in [0.25, 0.3) is 0 Å². The Hall–Kier alpha value is -0.610. The zero-order chi connectivity index (χ0) is 12.7. The van der Waals surface area contributed by atoms with Crippen molar-refractivity contribution in [1.29, 1.82) is 0 Å². The van der Waals surface area contributed by atoms with Gasteiger partial charge in [-0.25, -0.2) is 4.79 Å². The largest absolute Gasteiger partial charge is 0.479 e. The average Bonchev–Trinajstić information content (AvgIpc) is 2.54. The van der Waals surface area contributed by atoms with Crippen LogP contribution in [-0.4, -0.2) is 29.3 Å². The second kappa shape index (κ2) is 6.97. The normalized spacial score (nSPS) is 21.8. The SMILES string of the molecule is CCCC(OC1(CN)CCCCCC1)C(=O)O. The summed E-state index contributed by atoms with van der Waals surface area (Å²) < 4.78 is 5.89. The number of carbonyl (C=O) groups is 1. The van der Waals surface area contributed by atoms with Crippen molar-refractivity contribution < 1.29 is 14.6 Å². The fraction of sp³-hybridized carbons (Fsp3) is 0.923. The highest BCUT2D eigenvalue weighted by Crippen LogP contribution is 2.31. The molecule has 1 atom stereocenters. The van der Waals surface area contributed by atoms with E-state index < -0.39 is 17.7 Å². The molecule has 0 bridgehead atoms. The number of hydrogen-bond donors (Lipinski definition) is 2. The van der Waals surface area contributed by atoms with E-state index in [1.165, 1.54) is 12.8 Å². The molecule has 4 heteroatoms. The van der Waals surface area contributed by atoms with E-state index in [0.29, 0.717) is 13.0 Å². The quantitative estimate of drug-likeness (QED) is 0.702. The number of hydrogen-bond acceptors (Lipinski definition) is 3. The first-order valence-corrected chi connectivity index (χ1v) is 6.74. The van der Waals surface area contributed by atoms with Crippen LogP contribution in [0, 0.1) is 0 Å². The van der Waals surface area contributed by atoms with Crippen molar-refractivity contribution in [2.75, 3.05) is 6.54 Å². The molecular formula is C13H25NO3. The lowest BCUT2D eigenvalue weighted by molar-refractivity contribution is -0.166. The highest BCUT2D eigenvalue weighted by atomic mass is 16.5. The van der Waals surface area contributed by atoms with E-state index in [9.17, 15) is 4.79 Å². The molecule has 1 saturated carbocycles. The van der Waals surface area contributed by atoms with Crippen LogP contribution in [0.3, 0.4) is 0 Å². The zero-order valence-corrected chi connectivity index (χ0v) is 10.8. The van der Waals surface area contributed by atoms with E-state index in [0.717, 1.165) is 32.1 Å². The number of carboxylic acids is 1. The summed E-state index contributed by atoms with van der Waals surface area (Å²) in [6.45, 7) is 2.40. The highest BCUT2D eigenvalue weighted by Gasteiger charge is 2.35. The van der Waals surface area contributed by atoms with Crippen molar-refractivity contribution >= 4 is 5.97 Å². The molecule has 100 valence electrons. The molecule has 1 unspecified atom stereocenters. The van der Waals surface area contributed by atoms with Gasteiger partial charge in [0, 0.05) is 6.54 Å². The summed E-state index contributed by atoms with van der Waals surface area (Å²) in [5, 5.41) is 9.15. The number of carboxylic acid groups (broad SMARTS) is 1. The number of ether oxygens (including phenoxy) is 1. The van der Waals surface area contributed by atoms with Crippen LogP contribution in [0.1, 0.15) is 58.3 Å². The lowest BCUT2D eigenvalue weighted by Gasteiger charge is -2.34. The predicted octanol–water partition coefficient (Wildman–Crippen LogP) is 2.31. The van der Waals surface area contributed by atoms with Gasteiger partial charge in [-0.3, -0.25) is 0 Å². The molecule has 17 heavy (non-hydrogen) atoms. The minimum Gasteiger partial charge on any atom is -0.479 e. The Balaban J connectivity index is 2.66. The summed E-state index contributed by atoms with van der Waals surface area (Å²) in [5.74, 6) is -0.857. The van der Waals surface area contributed by atoms with Gasteiger partial charge in [-0.1, -0.05) is 39.0 Å². The van der Waals surface area contributed by atoms with Crippen molar-refractivity contribution in [1.82, 2.24) is 0 Å². The Morgan fingerprint density at radius 1 is 1.35 bits per heavy atom. The lowest BCUT2D eigenvalue weighted by atomic mass is 9.93. The lowest BCUT2D eigenvalue weighted by Crippen LogP contribution is -2.45. The van der Waals surface area contributed by atoms with Crippen LogP contribution in [0.25, 0.3) is 0 Å². The molecule has 0 saturated heterocycles. The monoisotopic (exact) mass is 243 g/mol. The minimum atomic E-state index is -0.857. The van der Waals surface area contributed by atoms with Gasteiger partial charge in [-0.2, -0.15) is 0 Å². The van der Waals surface area contributed by atoms with Gasteiger partial charge < -0.3 is 15.6 Å². The summed E-state index contributed by atoms with van der Waals surface area (Å²) >= 11 is 0. The summed E-state index contributed by atoms with van der Waals surface area (Å²) in [6.07, 6.45) is 7.09. The topological polar surface area (TPSA) is 72.5 Å². The third-order valence-electron chi connectivity index (χ3n) is 3.61. The van der Waals surface area contributed by atoms with Crippen molar-refractivity contribution in [2.45, 2.75) is 70.0 Å². The van der Waals surface area contributed by atoms with Gasteiger partial charge in [-0.05, 0) is 19.3 Å². The molecule has 0 aromatic rings. The Labute approximate surface area is 104 Å². The predicted molar refractivity (Wildman–Crippen MR) is 66.9 cm³/mol. The molecule has 0 spiro atoms. The van der Waals surface area contributed by atoms with E-state index in [4.69, 9.17) is 15.6 Å². The second-order valence-corrected chi connectivity index (χ2v) is 5.03. The van der Waals surface area contributed by atoms with E-state index in [2.05, 4.69) is 0 Å². The molecule has 0 heterocycles. The fourth-order valence-electron chi connectivity index (χ4n) is 2.54. The van der Waals surface area contributed by atoms with Crippen LogP contribution in [-0.2, 0) is 9.53 Å². The number of rotatable bonds is 6. The smallest absolute Gasteiger partial charge is 0.332 e. The molecule has 1 aliphatic rings. The maximum absolute atomic E-state index is 11.1. The molecule has 0 amide bonds. The fourth-order valence-corrected chi connectivity index (χ4v) is 2.54. The summed E-state index contributed by atoms with van der Waals surface area (Å²) in [5.41, 5.74) is 5.44. The Morgan fingerprint density at radius 3 is 2.35 bits per heavy atom. The van der Waals surface area contributed by atoms with Crippen LogP contribution < -0.4 is 5.73 Å². The van der Waals surface area contributed by atoms with E-state index in [1.807, 2.05) is 6.92 Å².